The van der Waals surface area contributed by atoms with E-state index in [0.717, 1.165) is 5.56 Å². The van der Waals surface area contributed by atoms with Crippen molar-refractivity contribution in [1.82, 2.24) is 0 Å². The van der Waals surface area contributed by atoms with Gasteiger partial charge in [0, 0.05) is 5.92 Å². The van der Waals surface area contributed by atoms with Crippen molar-refractivity contribution in [2.45, 2.75) is 51.6 Å². The van der Waals surface area contributed by atoms with Gasteiger partial charge in [-0.1, -0.05) is 29.8 Å². The van der Waals surface area contributed by atoms with E-state index >= 15 is 0 Å². The second-order valence-corrected chi connectivity index (χ2v) is 6.42. The standard InChI is InChI=1S/C16H20N2S2/c1-12-6-8-13(9-7-12)14(15(2,3)17-10-19)16(4,5)18-11-20/h6-9,14H,1-5H3. The molecule has 1 aromatic rings. The van der Waals surface area contributed by atoms with Gasteiger partial charge in [-0.3, -0.25) is 0 Å². The van der Waals surface area contributed by atoms with Gasteiger partial charge in [0.2, 0.25) is 0 Å². The topological polar surface area (TPSA) is 24.7 Å². The third kappa shape index (κ3) is 3.91. The lowest BCUT2D eigenvalue weighted by molar-refractivity contribution is 0.295. The van der Waals surface area contributed by atoms with E-state index in [4.69, 9.17) is 24.4 Å². The Bertz CT molecular complexity index is 531. The van der Waals surface area contributed by atoms with Crippen molar-refractivity contribution in [2.24, 2.45) is 9.98 Å². The highest BCUT2D eigenvalue weighted by molar-refractivity contribution is 7.78. The highest BCUT2D eigenvalue weighted by atomic mass is 32.1. The summed E-state index contributed by atoms with van der Waals surface area (Å²) in [5.41, 5.74) is 1.54. The molecule has 0 unspecified atom stereocenters. The maximum absolute atomic E-state index is 4.79. The normalized spacial score (nSPS) is 13.1. The highest BCUT2D eigenvalue weighted by Gasteiger charge is 2.42. The van der Waals surface area contributed by atoms with Gasteiger partial charge in [-0.15, -0.1) is 0 Å². The largest absolute Gasteiger partial charge is 0.226 e. The van der Waals surface area contributed by atoms with Crippen LogP contribution < -0.4 is 0 Å². The first kappa shape index (κ1) is 16.9. The molecule has 0 heterocycles. The van der Waals surface area contributed by atoms with Crippen molar-refractivity contribution < 1.29 is 0 Å². The highest BCUT2D eigenvalue weighted by Crippen LogP contribution is 2.41. The summed E-state index contributed by atoms with van der Waals surface area (Å²) in [7, 11) is 0. The van der Waals surface area contributed by atoms with Gasteiger partial charge in [0.1, 0.15) is 0 Å². The SMILES string of the molecule is Cc1ccc(C(C(C)(C)N=C=S)C(C)(C)N=C=S)cc1. The fourth-order valence-electron chi connectivity index (χ4n) is 2.80. The van der Waals surface area contributed by atoms with Gasteiger partial charge < -0.3 is 0 Å². The number of rotatable bonds is 5. The maximum Gasteiger partial charge on any atom is 0.0746 e. The van der Waals surface area contributed by atoms with E-state index < -0.39 is 11.1 Å². The van der Waals surface area contributed by atoms with Gasteiger partial charge in [0.15, 0.2) is 0 Å². The summed E-state index contributed by atoms with van der Waals surface area (Å²) < 4.78 is 0. The number of hydrogen-bond acceptors (Lipinski definition) is 4. The zero-order valence-electron chi connectivity index (χ0n) is 12.6. The molecule has 0 bridgehead atoms. The number of isothiocyanates is 2. The number of aryl methyl sites for hydroxylation is 1. The zero-order valence-corrected chi connectivity index (χ0v) is 14.2. The van der Waals surface area contributed by atoms with Crippen LogP contribution in [-0.2, 0) is 0 Å². The van der Waals surface area contributed by atoms with Crippen LogP contribution in [0.4, 0.5) is 0 Å². The second kappa shape index (κ2) is 6.51. The van der Waals surface area contributed by atoms with Crippen molar-refractivity contribution in [2.75, 3.05) is 0 Å². The monoisotopic (exact) mass is 304 g/mol. The summed E-state index contributed by atoms with van der Waals surface area (Å²) in [6, 6.07) is 8.41. The summed E-state index contributed by atoms with van der Waals surface area (Å²) in [5.74, 6) is 0.0292. The number of hydrogen-bond donors (Lipinski definition) is 0. The van der Waals surface area contributed by atoms with Crippen LogP contribution in [0.1, 0.15) is 44.7 Å². The summed E-state index contributed by atoms with van der Waals surface area (Å²) >= 11 is 9.59. The van der Waals surface area contributed by atoms with Gasteiger partial charge >= 0.3 is 0 Å². The molecule has 0 N–H and O–H groups in total. The van der Waals surface area contributed by atoms with Crippen molar-refractivity contribution in [3.63, 3.8) is 0 Å². The molecule has 0 saturated carbocycles. The van der Waals surface area contributed by atoms with Crippen LogP contribution in [0.5, 0.6) is 0 Å². The predicted octanol–water partition coefficient (Wildman–Crippen LogP) is 4.84. The van der Waals surface area contributed by atoms with E-state index in [1.54, 1.807) is 0 Å². The molecule has 0 aliphatic heterocycles. The van der Waals surface area contributed by atoms with Crippen LogP contribution in [0.15, 0.2) is 34.3 Å². The minimum atomic E-state index is -0.420. The van der Waals surface area contributed by atoms with Crippen LogP contribution in [0.2, 0.25) is 0 Å². The van der Waals surface area contributed by atoms with Gasteiger partial charge in [-0.05, 0) is 64.6 Å². The minimum absolute atomic E-state index is 0.0292. The molecule has 106 valence electrons. The number of nitrogens with zero attached hydrogens (tertiary/aromatic N) is 2. The Balaban J connectivity index is 3.45. The van der Waals surface area contributed by atoms with E-state index in [1.165, 1.54) is 5.56 Å². The third-order valence-corrected chi connectivity index (χ3v) is 3.67. The van der Waals surface area contributed by atoms with E-state index in [-0.39, 0.29) is 5.92 Å². The Morgan fingerprint density at radius 3 is 1.65 bits per heavy atom. The third-order valence-electron chi connectivity index (χ3n) is 3.49. The van der Waals surface area contributed by atoms with Crippen LogP contribution >= 0.6 is 24.4 Å². The van der Waals surface area contributed by atoms with Crippen LogP contribution in [0, 0.1) is 6.92 Å². The lowest BCUT2D eigenvalue weighted by Crippen LogP contribution is -2.41. The Morgan fingerprint density at radius 2 is 1.30 bits per heavy atom. The van der Waals surface area contributed by atoms with Gasteiger partial charge in [0.25, 0.3) is 0 Å². The molecule has 20 heavy (non-hydrogen) atoms. The second-order valence-electron chi connectivity index (χ2n) is 6.06. The Morgan fingerprint density at radius 1 is 0.900 bits per heavy atom. The average molecular weight is 304 g/mol. The van der Waals surface area contributed by atoms with Gasteiger partial charge in [-0.25, -0.2) is 9.98 Å². The molecule has 0 saturated heterocycles. The summed E-state index contributed by atoms with van der Waals surface area (Å²) in [5, 5.41) is 5.01. The first-order chi connectivity index (χ1) is 9.24. The van der Waals surface area contributed by atoms with Crippen molar-refractivity contribution >= 4 is 34.8 Å². The van der Waals surface area contributed by atoms with Gasteiger partial charge in [0.05, 0.1) is 21.4 Å². The van der Waals surface area contributed by atoms with Crippen LogP contribution in [0.3, 0.4) is 0 Å². The fourth-order valence-corrected chi connectivity index (χ4v) is 3.27. The molecule has 0 spiro atoms. The molecule has 0 aliphatic rings. The molecule has 0 radical (unpaired) electrons. The minimum Gasteiger partial charge on any atom is -0.226 e. The lowest BCUT2D eigenvalue weighted by Gasteiger charge is -2.39. The van der Waals surface area contributed by atoms with E-state index in [2.05, 4.69) is 51.5 Å². The zero-order chi connectivity index (χ0) is 15.4. The molecular formula is C16H20N2S2. The quantitative estimate of drug-likeness (QED) is 0.574. The first-order valence-electron chi connectivity index (χ1n) is 6.49. The molecular weight excluding hydrogens is 284 g/mol. The predicted molar refractivity (Wildman–Crippen MR) is 92.1 cm³/mol. The number of benzene rings is 1. The van der Waals surface area contributed by atoms with E-state index in [0.29, 0.717) is 0 Å². The van der Waals surface area contributed by atoms with Crippen LogP contribution in [-0.4, -0.2) is 21.4 Å². The lowest BCUT2D eigenvalue weighted by atomic mass is 9.71. The Kier molecular flexibility index (Phi) is 5.50. The molecule has 4 heteroatoms. The van der Waals surface area contributed by atoms with Gasteiger partial charge in [-0.2, -0.15) is 0 Å². The van der Waals surface area contributed by atoms with E-state index in [9.17, 15) is 0 Å². The van der Waals surface area contributed by atoms with Crippen molar-refractivity contribution in [1.29, 1.82) is 0 Å². The summed E-state index contributed by atoms with van der Waals surface area (Å²) in [4.78, 5) is 8.69. The van der Waals surface area contributed by atoms with Crippen molar-refractivity contribution in [3.8, 4) is 0 Å². The van der Waals surface area contributed by atoms with E-state index in [1.807, 2.05) is 27.7 Å². The maximum atomic E-state index is 4.79. The molecule has 2 nitrogen and oxygen atoms in total. The molecule has 0 amide bonds. The molecule has 1 aromatic carbocycles. The fraction of sp³-hybridized carbons (Fsp3) is 0.500. The summed E-state index contributed by atoms with van der Waals surface area (Å²) in [6.45, 7) is 10.2. The molecule has 0 aromatic heterocycles. The Hall–Kier alpha value is -1.18. The summed E-state index contributed by atoms with van der Waals surface area (Å²) in [6.07, 6.45) is 0. The molecule has 1 rings (SSSR count). The molecule has 0 atom stereocenters. The Labute approximate surface area is 132 Å². The smallest absolute Gasteiger partial charge is 0.0746 e. The molecule has 0 aliphatic carbocycles. The number of thiocarbonyl (C=S) groups is 2. The van der Waals surface area contributed by atoms with Crippen molar-refractivity contribution in [3.05, 3.63) is 35.4 Å². The first-order valence-corrected chi connectivity index (χ1v) is 7.31. The number of aliphatic imine (C=N–C) groups is 2. The molecule has 0 fully saturated rings. The van der Waals surface area contributed by atoms with Crippen LogP contribution in [0.25, 0.3) is 0 Å². The average Bonchev–Trinajstić information content (AvgIpc) is 2.31.